The molecule has 4 nitrogen and oxygen atoms in total. The highest BCUT2D eigenvalue weighted by Crippen LogP contribution is 2.35. The molecule has 0 radical (unpaired) electrons. The van der Waals surface area contributed by atoms with Crippen LogP contribution in [0.3, 0.4) is 0 Å². The van der Waals surface area contributed by atoms with E-state index in [1.807, 2.05) is 18.2 Å². The Balaban J connectivity index is 2.23. The second-order valence-corrected chi connectivity index (χ2v) is 5.68. The summed E-state index contributed by atoms with van der Waals surface area (Å²) >= 11 is 0. The third kappa shape index (κ3) is 3.48. The van der Waals surface area contributed by atoms with Gasteiger partial charge in [-0.1, -0.05) is 31.9 Å². The van der Waals surface area contributed by atoms with Gasteiger partial charge in [0.2, 0.25) is 0 Å². The summed E-state index contributed by atoms with van der Waals surface area (Å²) in [5.41, 5.74) is 0.845. The van der Waals surface area contributed by atoms with Crippen LogP contribution in [0.4, 0.5) is 0 Å². The molecule has 0 bridgehead atoms. The maximum absolute atomic E-state index is 9.57. The molecule has 1 aromatic rings. The number of rotatable bonds is 5. The number of nitrogens with one attached hydrogen (secondary N) is 1. The van der Waals surface area contributed by atoms with Crippen molar-refractivity contribution < 1.29 is 9.47 Å². The van der Waals surface area contributed by atoms with Crippen molar-refractivity contribution >= 4 is 0 Å². The zero-order chi connectivity index (χ0) is 15.2. The molecule has 1 aromatic carbocycles. The van der Waals surface area contributed by atoms with E-state index in [1.165, 1.54) is 19.3 Å². The number of benzene rings is 1. The van der Waals surface area contributed by atoms with E-state index in [0.717, 1.165) is 12.0 Å². The third-order valence-electron chi connectivity index (χ3n) is 4.37. The van der Waals surface area contributed by atoms with Crippen LogP contribution < -0.4 is 14.8 Å². The van der Waals surface area contributed by atoms with E-state index in [9.17, 15) is 5.26 Å². The summed E-state index contributed by atoms with van der Waals surface area (Å²) < 4.78 is 10.8. The fourth-order valence-corrected chi connectivity index (χ4v) is 3.11. The van der Waals surface area contributed by atoms with E-state index in [0.29, 0.717) is 23.5 Å². The molecule has 0 aromatic heterocycles. The average molecular weight is 288 g/mol. The Morgan fingerprint density at radius 2 is 2.00 bits per heavy atom. The van der Waals surface area contributed by atoms with E-state index >= 15 is 0 Å². The third-order valence-corrected chi connectivity index (χ3v) is 4.37. The van der Waals surface area contributed by atoms with E-state index in [4.69, 9.17) is 9.47 Å². The number of hydrogen-bond acceptors (Lipinski definition) is 4. The number of nitriles is 1. The maximum Gasteiger partial charge on any atom is 0.166 e. The molecule has 0 aliphatic heterocycles. The Morgan fingerprint density at radius 1 is 1.24 bits per heavy atom. The van der Waals surface area contributed by atoms with Gasteiger partial charge in [-0.3, -0.25) is 5.32 Å². The molecule has 1 fully saturated rings. The average Bonchev–Trinajstić information content (AvgIpc) is 2.53. The highest BCUT2D eigenvalue weighted by Gasteiger charge is 2.26. The smallest absolute Gasteiger partial charge is 0.166 e. The minimum atomic E-state index is -0.374. The number of ether oxygens (including phenoxy) is 2. The quantitative estimate of drug-likeness (QED) is 0.901. The molecule has 0 amide bonds. The van der Waals surface area contributed by atoms with Gasteiger partial charge in [0.15, 0.2) is 11.5 Å². The predicted molar refractivity (Wildman–Crippen MR) is 82.5 cm³/mol. The fourth-order valence-electron chi connectivity index (χ4n) is 3.11. The molecular formula is C17H24N2O2. The molecule has 1 saturated carbocycles. The van der Waals surface area contributed by atoms with Gasteiger partial charge in [-0.05, 0) is 24.8 Å². The topological polar surface area (TPSA) is 54.3 Å². The first kappa shape index (κ1) is 15.7. The summed E-state index contributed by atoms with van der Waals surface area (Å²) in [5, 5.41) is 13.1. The molecule has 1 aliphatic rings. The van der Waals surface area contributed by atoms with E-state index < -0.39 is 0 Å². The summed E-state index contributed by atoms with van der Waals surface area (Å²) in [4.78, 5) is 0. The first-order chi connectivity index (χ1) is 10.2. The van der Waals surface area contributed by atoms with Crippen molar-refractivity contribution in [2.24, 2.45) is 5.92 Å². The van der Waals surface area contributed by atoms with Crippen LogP contribution >= 0.6 is 0 Å². The molecule has 114 valence electrons. The van der Waals surface area contributed by atoms with Crippen molar-refractivity contribution in [1.82, 2.24) is 5.32 Å². The Morgan fingerprint density at radius 3 is 2.62 bits per heavy atom. The van der Waals surface area contributed by atoms with E-state index in [2.05, 4.69) is 18.3 Å². The Bertz CT molecular complexity index is 510. The summed E-state index contributed by atoms with van der Waals surface area (Å²) in [6, 6.07) is 8.05. The molecule has 21 heavy (non-hydrogen) atoms. The number of hydrogen-bond donors (Lipinski definition) is 1. The van der Waals surface area contributed by atoms with Gasteiger partial charge >= 0.3 is 0 Å². The monoisotopic (exact) mass is 288 g/mol. The number of nitrogens with zero attached hydrogens (tertiary/aromatic N) is 1. The van der Waals surface area contributed by atoms with Crippen molar-refractivity contribution in [3.8, 4) is 17.6 Å². The lowest BCUT2D eigenvalue weighted by atomic mass is 9.85. The van der Waals surface area contributed by atoms with Crippen LogP contribution in [0.2, 0.25) is 0 Å². The SMILES string of the molecule is COc1cccc(C(C#N)NC2CCCCC2C)c1OC. The lowest BCUT2D eigenvalue weighted by Crippen LogP contribution is -2.39. The lowest BCUT2D eigenvalue weighted by molar-refractivity contribution is 0.269. The van der Waals surface area contributed by atoms with Gasteiger partial charge in [0.1, 0.15) is 6.04 Å². The second kappa shape index (κ2) is 7.33. The lowest BCUT2D eigenvalue weighted by Gasteiger charge is -2.31. The van der Waals surface area contributed by atoms with Crippen molar-refractivity contribution in [1.29, 1.82) is 5.26 Å². The van der Waals surface area contributed by atoms with E-state index in [-0.39, 0.29) is 6.04 Å². The first-order valence-electron chi connectivity index (χ1n) is 7.57. The van der Waals surface area contributed by atoms with Crippen LogP contribution in [0.15, 0.2) is 18.2 Å². The van der Waals surface area contributed by atoms with Gasteiger partial charge < -0.3 is 9.47 Å². The van der Waals surface area contributed by atoms with Gasteiger partial charge in [-0.2, -0.15) is 5.26 Å². The molecule has 3 unspecified atom stereocenters. The van der Waals surface area contributed by atoms with Crippen LogP contribution in [0.1, 0.15) is 44.2 Å². The van der Waals surface area contributed by atoms with Crippen molar-refractivity contribution in [3.63, 3.8) is 0 Å². The number of para-hydroxylation sites is 1. The summed E-state index contributed by atoms with van der Waals surface area (Å²) in [7, 11) is 3.22. The van der Waals surface area contributed by atoms with Crippen LogP contribution in [0.5, 0.6) is 11.5 Å². The molecule has 4 heteroatoms. The van der Waals surface area contributed by atoms with Crippen LogP contribution in [0, 0.1) is 17.2 Å². The van der Waals surface area contributed by atoms with Gasteiger partial charge in [-0.15, -0.1) is 0 Å². The summed E-state index contributed by atoms with van der Waals surface area (Å²) in [5.74, 6) is 1.91. The minimum Gasteiger partial charge on any atom is -0.493 e. The fraction of sp³-hybridized carbons (Fsp3) is 0.588. The predicted octanol–water partition coefficient (Wildman–Crippen LogP) is 3.44. The summed E-state index contributed by atoms with van der Waals surface area (Å²) in [6.45, 7) is 2.26. The van der Waals surface area contributed by atoms with E-state index in [1.54, 1.807) is 14.2 Å². The van der Waals surface area contributed by atoms with Gasteiger partial charge in [0.05, 0.1) is 20.3 Å². The number of methoxy groups -OCH3 is 2. The Kier molecular flexibility index (Phi) is 5.46. The summed E-state index contributed by atoms with van der Waals surface area (Å²) in [6.07, 6.45) is 4.88. The Hall–Kier alpha value is -1.73. The van der Waals surface area contributed by atoms with Gasteiger partial charge in [-0.25, -0.2) is 0 Å². The highest BCUT2D eigenvalue weighted by atomic mass is 16.5. The van der Waals surface area contributed by atoms with Crippen LogP contribution in [-0.2, 0) is 0 Å². The second-order valence-electron chi connectivity index (χ2n) is 5.68. The molecule has 1 N–H and O–H groups in total. The van der Waals surface area contributed by atoms with Gasteiger partial charge in [0, 0.05) is 11.6 Å². The highest BCUT2D eigenvalue weighted by molar-refractivity contribution is 5.49. The molecule has 3 atom stereocenters. The van der Waals surface area contributed by atoms with Crippen molar-refractivity contribution in [3.05, 3.63) is 23.8 Å². The molecule has 1 aliphatic carbocycles. The zero-order valence-corrected chi connectivity index (χ0v) is 13.1. The first-order valence-corrected chi connectivity index (χ1v) is 7.57. The molecule has 0 spiro atoms. The van der Waals surface area contributed by atoms with Crippen molar-refractivity contribution in [2.75, 3.05) is 14.2 Å². The molecular weight excluding hydrogens is 264 g/mol. The Labute approximate surface area is 127 Å². The zero-order valence-electron chi connectivity index (χ0n) is 13.1. The van der Waals surface area contributed by atoms with Gasteiger partial charge in [0.25, 0.3) is 0 Å². The maximum atomic E-state index is 9.57. The van der Waals surface area contributed by atoms with Crippen molar-refractivity contribution in [2.45, 2.75) is 44.7 Å². The largest absolute Gasteiger partial charge is 0.493 e. The van der Waals surface area contributed by atoms with Crippen LogP contribution in [-0.4, -0.2) is 20.3 Å². The standard InChI is InChI=1S/C17H24N2O2/c1-12-7-4-5-9-14(12)19-15(11-18)13-8-6-10-16(20-2)17(13)21-3/h6,8,10,12,14-15,19H,4-5,7,9H2,1-3H3. The molecule has 0 saturated heterocycles. The van der Waals surface area contributed by atoms with Crippen LogP contribution in [0.25, 0.3) is 0 Å². The minimum absolute atomic E-state index is 0.374. The molecule has 0 heterocycles. The molecule has 2 rings (SSSR count). The normalized spacial score (nSPS) is 23.1.